The molecule has 4 saturated heterocycles. The smallest absolute Gasteiger partial charge is 0.339 e. The Morgan fingerprint density at radius 1 is 1.04 bits per heavy atom. The van der Waals surface area contributed by atoms with Crippen molar-refractivity contribution in [3.05, 3.63) is 75.6 Å². The average Bonchev–Trinajstić information content (AvgIpc) is 3.69. The minimum atomic E-state index is -4.17. The molecular formula is C39H41BrF2N6O5S. The van der Waals surface area contributed by atoms with E-state index in [0.29, 0.717) is 61.2 Å². The van der Waals surface area contributed by atoms with Crippen molar-refractivity contribution in [2.75, 3.05) is 55.7 Å². The molecule has 1 aromatic heterocycles. The number of alkyl halides is 1. The van der Waals surface area contributed by atoms with Gasteiger partial charge in [-0.3, -0.25) is 9.69 Å². The van der Waals surface area contributed by atoms with Gasteiger partial charge in [0.2, 0.25) is 5.91 Å². The summed E-state index contributed by atoms with van der Waals surface area (Å²) < 4.78 is 68.9. The molecule has 1 amide bonds. The maximum absolute atomic E-state index is 15.1. The van der Waals surface area contributed by atoms with Crippen LogP contribution in [-0.2, 0) is 27.9 Å². The zero-order valence-electron chi connectivity index (χ0n) is 29.9. The number of β-lactam (4-membered cyclic amide) rings is 1. The predicted molar refractivity (Wildman–Crippen MR) is 203 cm³/mol. The van der Waals surface area contributed by atoms with Crippen molar-refractivity contribution in [2.24, 2.45) is 5.41 Å². The number of rotatable bonds is 8. The quantitative estimate of drug-likeness (QED) is 0.172. The highest BCUT2D eigenvalue weighted by molar-refractivity contribution is 9.10. The van der Waals surface area contributed by atoms with Gasteiger partial charge in [-0.05, 0) is 91.2 Å². The Hall–Kier alpha value is -4.08. The normalized spacial score (nSPS) is 25.4. The number of fused-ring (bicyclic) bond motifs is 3. The number of carbonyl (C=O) groups excluding carboxylic acids is 1. The third-order valence-corrected chi connectivity index (χ3v) is 14.1. The molecule has 1 unspecified atom stereocenters. The second kappa shape index (κ2) is 13.3. The third-order valence-electron chi connectivity index (χ3n) is 12.0. The van der Waals surface area contributed by atoms with Crippen LogP contribution in [0.25, 0.3) is 10.8 Å². The summed E-state index contributed by atoms with van der Waals surface area (Å²) in [6.45, 7) is 6.07. The topological polar surface area (TPSA) is 117 Å². The lowest BCUT2D eigenvalue weighted by Crippen LogP contribution is -2.65. The van der Waals surface area contributed by atoms with E-state index < -0.39 is 33.1 Å². The van der Waals surface area contributed by atoms with E-state index in [1.807, 2.05) is 11.8 Å². The van der Waals surface area contributed by atoms with Crippen LogP contribution >= 0.6 is 15.9 Å². The van der Waals surface area contributed by atoms with E-state index in [9.17, 15) is 17.6 Å². The SMILES string of the molecule is Cc1ccc(S(=O)(=O)Oc2cc(N3CCc4c(nc(OC[C@@]56CCCN5C[C@H](F)C6)nc4N4CCCC5(CNC5=O)C4)C3)c3c(Br)c(F)ccc3c2)cc1. The summed E-state index contributed by atoms with van der Waals surface area (Å²) in [5.74, 6) is 0.443. The molecule has 5 aliphatic heterocycles. The minimum Gasteiger partial charge on any atom is -0.461 e. The summed E-state index contributed by atoms with van der Waals surface area (Å²) in [6, 6.07) is 12.8. The molecule has 1 spiro atoms. The summed E-state index contributed by atoms with van der Waals surface area (Å²) in [6.07, 6.45) is 3.54. The van der Waals surface area contributed by atoms with Crippen LogP contribution in [0.15, 0.2) is 57.9 Å². The standard InChI is InChI=1S/C39H41BrF2N6O5S/c1-24-4-7-28(8-5-24)54(50,51)53-27-16-25-6-9-30(42)34(40)33(25)32(17-27)46-15-10-29-31(20-46)44-37(52-23-39-12-3-14-48(39)19-26(41)18-39)45-35(29)47-13-2-11-38(22-47)21-43-36(38)49/h4-9,16-17,26H,2-3,10-15,18-23H2,1H3,(H,43,49)/t26-,38?,39+/m1/s1. The van der Waals surface area contributed by atoms with E-state index in [4.69, 9.17) is 18.9 Å². The van der Waals surface area contributed by atoms with Gasteiger partial charge in [-0.1, -0.05) is 23.8 Å². The van der Waals surface area contributed by atoms with Crippen molar-refractivity contribution in [3.8, 4) is 11.8 Å². The van der Waals surface area contributed by atoms with Crippen molar-refractivity contribution >= 4 is 54.2 Å². The average molecular weight is 824 g/mol. The van der Waals surface area contributed by atoms with Crippen LogP contribution in [-0.4, -0.2) is 86.8 Å². The molecule has 3 aromatic carbocycles. The van der Waals surface area contributed by atoms with Crippen molar-refractivity contribution in [1.82, 2.24) is 20.2 Å². The van der Waals surface area contributed by atoms with Gasteiger partial charge in [0.05, 0.1) is 27.7 Å². The van der Waals surface area contributed by atoms with Gasteiger partial charge < -0.3 is 24.0 Å². The fourth-order valence-corrected chi connectivity index (χ4v) is 10.6. The molecule has 284 valence electrons. The van der Waals surface area contributed by atoms with Gasteiger partial charge in [0, 0.05) is 61.8 Å². The van der Waals surface area contributed by atoms with Crippen LogP contribution in [0.2, 0.25) is 0 Å². The summed E-state index contributed by atoms with van der Waals surface area (Å²) >= 11 is 3.46. The lowest BCUT2D eigenvalue weighted by molar-refractivity contribution is -0.140. The maximum atomic E-state index is 15.1. The Morgan fingerprint density at radius 2 is 1.85 bits per heavy atom. The number of hydrogen-bond acceptors (Lipinski definition) is 10. The molecule has 0 aliphatic carbocycles. The number of halogens is 3. The fourth-order valence-electron chi connectivity index (χ4n) is 9.15. The number of carbonyl (C=O) groups is 1. The Balaban J connectivity index is 1.09. The number of aryl methyl sites for hydroxylation is 1. The molecule has 0 radical (unpaired) electrons. The first kappa shape index (κ1) is 35.6. The van der Waals surface area contributed by atoms with Crippen LogP contribution in [0.4, 0.5) is 20.3 Å². The largest absolute Gasteiger partial charge is 0.461 e. The number of ether oxygens (including phenoxy) is 1. The number of nitrogens with one attached hydrogen (secondary N) is 1. The van der Waals surface area contributed by atoms with Gasteiger partial charge >= 0.3 is 16.1 Å². The monoisotopic (exact) mass is 822 g/mol. The summed E-state index contributed by atoms with van der Waals surface area (Å²) in [7, 11) is -4.17. The second-order valence-corrected chi connectivity index (χ2v) is 17.9. The molecule has 9 rings (SSSR count). The van der Waals surface area contributed by atoms with Gasteiger partial charge in [-0.25, -0.2) is 8.78 Å². The number of hydrogen-bond donors (Lipinski definition) is 1. The number of anilines is 2. The van der Waals surface area contributed by atoms with Gasteiger partial charge in [0.1, 0.15) is 35.1 Å². The van der Waals surface area contributed by atoms with Gasteiger partial charge in [0.15, 0.2) is 0 Å². The highest BCUT2D eigenvalue weighted by atomic mass is 79.9. The number of aromatic nitrogens is 2. The van der Waals surface area contributed by atoms with Crippen LogP contribution in [0.5, 0.6) is 11.8 Å². The van der Waals surface area contributed by atoms with Crippen molar-refractivity contribution in [2.45, 2.75) is 68.6 Å². The molecule has 54 heavy (non-hydrogen) atoms. The van der Waals surface area contributed by atoms with Gasteiger partial charge in [0.25, 0.3) is 0 Å². The third kappa shape index (κ3) is 6.15. The lowest BCUT2D eigenvalue weighted by atomic mass is 9.74. The summed E-state index contributed by atoms with van der Waals surface area (Å²) in [5, 5.41) is 4.09. The van der Waals surface area contributed by atoms with E-state index in [1.54, 1.807) is 30.3 Å². The Morgan fingerprint density at radius 3 is 2.63 bits per heavy atom. The molecule has 0 bridgehead atoms. The molecule has 0 saturated carbocycles. The number of piperidine rings is 1. The fraction of sp³-hybridized carbons (Fsp3) is 0.462. The van der Waals surface area contributed by atoms with Crippen LogP contribution in [0.3, 0.4) is 0 Å². The minimum absolute atomic E-state index is 0.0254. The summed E-state index contributed by atoms with van der Waals surface area (Å²) in [5.41, 5.74) is 2.32. The predicted octanol–water partition coefficient (Wildman–Crippen LogP) is 5.84. The van der Waals surface area contributed by atoms with Crippen LogP contribution in [0.1, 0.15) is 48.9 Å². The molecule has 3 atom stereocenters. The van der Waals surface area contributed by atoms with Crippen molar-refractivity contribution < 1.29 is 30.9 Å². The van der Waals surface area contributed by atoms with Crippen molar-refractivity contribution in [3.63, 3.8) is 0 Å². The molecule has 15 heteroatoms. The van der Waals surface area contributed by atoms with Gasteiger partial charge in [-0.2, -0.15) is 18.4 Å². The molecule has 11 nitrogen and oxygen atoms in total. The lowest BCUT2D eigenvalue weighted by Gasteiger charge is -2.48. The second-order valence-electron chi connectivity index (χ2n) is 15.5. The van der Waals surface area contributed by atoms with Crippen molar-refractivity contribution in [1.29, 1.82) is 0 Å². The van der Waals surface area contributed by atoms with E-state index >= 15 is 4.39 Å². The van der Waals surface area contributed by atoms with Crippen LogP contribution < -0.4 is 24.0 Å². The first-order valence-electron chi connectivity index (χ1n) is 18.5. The molecule has 4 fully saturated rings. The number of benzene rings is 3. The van der Waals surface area contributed by atoms with E-state index in [-0.39, 0.29) is 40.2 Å². The molecule has 1 N–H and O–H groups in total. The molecule has 5 aliphatic rings. The first-order valence-corrected chi connectivity index (χ1v) is 20.8. The Labute approximate surface area is 321 Å². The zero-order valence-corrected chi connectivity index (χ0v) is 32.3. The number of nitrogens with zero attached hydrogens (tertiary/aromatic N) is 5. The highest BCUT2D eigenvalue weighted by Crippen LogP contribution is 2.44. The Bertz CT molecular complexity index is 2280. The van der Waals surface area contributed by atoms with E-state index in [2.05, 4.69) is 31.0 Å². The maximum Gasteiger partial charge on any atom is 0.339 e. The Kier molecular flexibility index (Phi) is 8.77. The first-order chi connectivity index (χ1) is 25.9. The molecular weight excluding hydrogens is 782 g/mol. The molecule has 4 aromatic rings. The van der Waals surface area contributed by atoms with E-state index in [0.717, 1.165) is 55.7 Å². The van der Waals surface area contributed by atoms with E-state index in [1.165, 1.54) is 18.2 Å². The molecule has 6 heterocycles. The zero-order chi connectivity index (χ0) is 37.4. The van der Waals surface area contributed by atoms with Crippen LogP contribution in [0, 0.1) is 18.2 Å². The summed E-state index contributed by atoms with van der Waals surface area (Å²) in [4.78, 5) is 29.2. The van der Waals surface area contributed by atoms with Gasteiger partial charge in [-0.15, -0.1) is 0 Å². The number of amides is 1. The highest BCUT2D eigenvalue weighted by Gasteiger charge is 2.51.